The van der Waals surface area contributed by atoms with E-state index in [1.165, 1.54) is 9.75 Å². The molecule has 1 saturated heterocycles. The molecule has 0 amide bonds. The predicted molar refractivity (Wildman–Crippen MR) is 102 cm³/mol. The van der Waals surface area contributed by atoms with Crippen molar-refractivity contribution in [3.63, 3.8) is 0 Å². The van der Waals surface area contributed by atoms with Crippen LogP contribution in [0, 0.1) is 6.92 Å². The normalized spacial score (nSPS) is 23.9. The zero-order chi connectivity index (χ0) is 17.9. The van der Waals surface area contributed by atoms with Crippen molar-refractivity contribution in [3.05, 3.63) is 64.0 Å². The van der Waals surface area contributed by atoms with Gasteiger partial charge in [0, 0.05) is 40.9 Å². The van der Waals surface area contributed by atoms with Crippen LogP contribution in [-0.4, -0.2) is 31.7 Å². The highest BCUT2D eigenvalue weighted by Crippen LogP contribution is 2.46. The second kappa shape index (κ2) is 5.81. The van der Waals surface area contributed by atoms with Crippen LogP contribution < -0.4 is 0 Å². The smallest absolute Gasteiger partial charge is 0.183 e. The number of hydrogen-bond acceptors (Lipinski definition) is 5. The number of sulfone groups is 1. The third kappa shape index (κ3) is 2.47. The Kier molecular flexibility index (Phi) is 3.64. The summed E-state index contributed by atoms with van der Waals surface area (Å²) in [5, 5.41) is -0.328. The molecule has 2 atom stereocenters. The van der Waals surface area contributed by atoms with Crippen LogP contribution in [0.15, 0.2) is 58.0 Å². The van der Waals surface area contributed by atoms with Crippen LogP contribution in [0.25, 0.3) is 11.3 Å². The van der Waals surface area contributed by atoms with Gasteiger partial charge < -0.3 is 4.42 Å². The van der Waals surface area contributed by atoms with Gasteiger partial charge in [0.25, 0.3) is 0 Å². The minimum atomic E-state index is -3.26. The van der Waals surface area contributed by atoms with Crippen molar-refractivity contribution >= 4 is 21.2 Å². The molecule has 0 spiro atoms. The van der Waals surface area contributed by atoms with E-state index in [1.807, 2.05) is 24.3 Å². The molecule has 2 aliphatic heterocycles. The van der Waals surface area contributed by atoms with Crippen molar-refractivity contribution in [1.82, 2.24) is 4.90 Å². The van der Waals surface area contributed by atoms with E-state index in [-0.39, 0.29) is 11.2 Å². The molecule has 2 aliphatic rings. The fourth-order valence-electron chi connectivity index (χ4n) is 4.24. The van der Waals surface area contributed by atoms with E-state index in [9.17, 15) is 8.42 Å². The molecular weight excluding hydrogens is 366 g/mol. The van der Waals surface area contributed by atoms with Crippen LogP contribution in [0.2, 0.25) is 0 Å². The Morgan fingerprint density at radius 3 is 2.81 bits per heavy atom. The van der Waals surface area contributed by atoms with Gasteiger partial charge in [0.15, 0.2) is 9.84 Å². The summed E-state index contributed by atoms with van der Waals surface area (Å²) in [6.45, 7) is 4.32. The van der Waals surface area contributed by atoms with E-state index in [4.69, 9.17) is 4.42 Å². The molecule has 0 unspecified atom stereocenters. The first-order valence-electron chi connectivity index (χ1n) is 8.72. The van der Waals surface area contributed by atoms with Gasteiger partial charge in [-0.25, -0.2) is 8.42 Å². The van der Waals surface area contributed by atoms with E-state index in [0.29, 0.717) is 11.4 Å². The van der Waals surface area contributed by atoms with Gasteiger partial charge in [-0.1, -0.05) is 0 Å². The van der Waals surface area contributed by atoms with Crippen LogP contribution in [0.3, 0.4) is 0 Å². The number of likely N-dealkylation sites (tertiary alicyclic amines) is 1. The molecule has 5 rings (SSSR count). The van der Waals surface area contributed by atoms with Gasteiger partial charge in [0.2, 0.25) is 0 Å². The maximum atomic E-state index is 13.0. The average molecular weight is 386 g/mol. The lowest BCUT2D eigenvalue weighted by Gasteiger charge is -2.16. The molecule has 3 aromatic rings. The summed E-state index contributed by atoms with van der Waals surface area (Å²) in [5.41, 5.74) is 1.89. The van der Waals surface area contributed by atoms with Gasteiger partial charge in [-0.2, -0.15) is 0 Å². The highest BCUT2D eigenvalue weighted by atomic mass is 32.2. The molecule has 134 valence electrons. The van der Waals surface area contributed by atoms with Gasteiger partial charge >= 0.3 is 0 Å². The fraction of sp³-hybridized carbons (Fsp3) is 0.300. The molecule has 0 aliphatic carbocycles. The molecule has 0 N–H and O–H groups in total. The van der Waals surface area contributed by atoms with E-state index in [0.717, 1.165) is 30.0 Å². The van der Waals surface area contributed by atoms with Crippen molar-refractivity contribution < 1.29 is 12.8 Å². The molecule has 4 heterocycles. The Labute approximate surface area is 157 Å². The number of furan rings is 1. The maximum Gasteiger partial charge on any atom is 0.183 e. The molecular formula is C20H19NO3S2. The van der Waals surface area contributed by atoms with Crippen LogP contribution in [0.4, 0.5) is 0 Å². The van der Waals surface area contributed by atoms with Crippen molar-refractivity contribution in [2.75, 3.05) is 13.1 Å². The number of rotatable bonds is 3. The summed E-state index contributed by atoms with van der Waals surface area (Å²) in [7, 11) is -3.26. The summed E-state index contributed by atoms with van der Waals surface area (Å²) >= 11 is 1.79. The summed E-state index contributed by atoms with van der Waals surface area (Å²) in [5.74, 6) is 0.823. The first-order valence-corrected chi connectivity index (χ1v) is 11.1. The average Bonchev–Trinajstić information content (AvgIpc) is 3.37. The first-order chi connectivity index (χ1) is 12.5. The van der Waals surface area contributed by atoms with Crippen molar-refractivity contribution in [2.24, 2.45) is 0 Å². The van der Waals surface area contributed by atoms with Crippen molar-refractivity contribution in [2.45, 2.75) is 29.5 Å². The Balaban J connectivity index is 1.48. The lowest BCUT2D eigenvalue weighted by Crippen LogP contribution is -2.25. The van der Waals surface area contributed by atoms with Crippen molar-refractivity contribution in [3.8, 4) is 11.3 Å². The molecule has 0 bridgehead atoms. The molecule has 1 fully saturated rings. The minimum absolute atomic E-state index is 0.0472. The summed E-state index contributed by atoms with van der Waals surface area (Å²) in [6, 6.07) is 13.6. The van der Waals surface area contributed by atoms with Crippen LogP contribution in [-0.2, 0) is 16.4 Å². The summed E-state index contributed by atoms with van der Waals surface area (Å²) < 4.78 is 31.5. The zero-order valence-electron chi connectivity index (χ0n) is 14.4. The molecule has 26 heavy (non-hydrogen) atoms. The SMILES string of the molecule is Cc1ccc(CN2C[C@@H]3[C@@H](C2)c2cc(-c4ccco4)ccc2S3(=O)=O)s1. The topological polar surface area (TPSA) is 50.5 Å². The number of nitrogens with zero attached hydrogens (tertiary/aromatic N) is 1. The highest BCUT2D eigenvalue weighted by molar-refractivity contribution is 7.92. The molecule has 0 radical (unpaired) electrons. The van der Waals surface area contributed by atoms with Gasteiger partial charge in [-0.05, 0) is 55.0 Å². The summed E-state index contributed by atoms with van der Waals surface area (Å²) in [4.78, 5) is 5.38. The van der Waals surface area contributed by atoms with E-state index in [1.54, 1.807) is 23.7 Å². The Morgan fingerprint density at radius 2 is 2.08 bits per heavy atom. The molecule has 0 saturated carbocycles. The number of fused-ring (bicyclic) bond motifs is 3. The summed E-state index contributed by atoms with van der Waals surface area (Å²) in [6.07, 6.45) is 1.64. The van der Waals surface area contributed by atoms with E-state index in [2.05, 4.69) is 24.0 Å². The van der Waals surface area contributed by atoms with Gasteiger partial charge in [-0.15, -0.1) is 11.3 Å². The quantitative estimate of drug-likeness (QED) is 0.682. The van der Waals surface area contributed by atoms with Gasteiger partial charge in [0.1, 0.15) is 5.76 Å². The monoisotopic (exact) mass is 385 g/mol. The lowest BCUT2D eigenvalue weighted by molar-refractivity contribution is 0.328. The zero-order valence-corrected chi connectivity index (χ0v) is 16.0. The molecule has 1 aromatic carbocycles. The second-order valence-corrected chi connectivity index (χ2v) is 10.6. The van der Waals surface area contributed by atoms with E-state index < -0.39 is 9.84 Å². The lowest BCUT2D eigenvalue weighted by atomic mass is 9.96. The highest BCUT2D eigenvalue weighted by Gasteiger charge is 2.50. The molecule has 2 aromatic heterocycles. The predicted octanol–water partition coefficient (Wildman–Crippen LogP) is 4.07. The molecule has 6 heteroatoms. The Morgan fingerprint density at radius 1 is 1.19 bits per heavy atom. The number of hydrogen-bond donors (Lipinski definition) is 0. The number of thiophene rings is 1. The third-order valence-electron chi connectivity index (χ3n) is 5.44. The standard InChI is InChI=1S/C20H19NO3S2/c1-13-4-6-15(25-13)10-21-11-17-16-9-14(18-3-2-8-24-18)5-7-19(16)26(22,23)20(17)12-21/h2-9,17,20H,10-12H2,1H3/t17-,20+/m0/s1. The van der Waals surface area contributed by atoms with Crippen LogP contribution in [0.1, 0.15) is 21.2 Å². The number of aryl methyl sites for hydroxylation is 1. The minimum Gasteiger partial charge on any atom is -0.464 e. The Hall–Kier alpha value is -1.89. The maximum absolute atomic E-state index is 13.0. The van der Waals surface area contributed by atoms with Gasteiger partial charge in [0.05, 0.1) is 16.4 Å². The second-order valence-electron chi connectivity index (χ2n) is 7.13. The first kappa shape index (κ1) is 16.3. The largest absolute Gasteiger partial charge is 0.464 e. The third-order valence-corrected chi connectivity index (χ3v) is 8.68. The Bertz CT molecular complexity index is 1070. The van der Waals surface area contributed by atoms with Crippen molar-refractivity contribution in [1.29, 1.82) is 0 Å². The van der Waals surface area contributed by atoms with E-state index >= 15 is 0 Å². The molecule has 4 nitrogen and oxygen atoms in total. The van der Waals surface area contributed by atoms with Gasteiger partial charge in [-0.3, -0.25) is 4.90 Å². The fourth-order valence-corrected chi connectivity index (χ4v) is 7.37. The number of benzene rings is 1. The van der Waals surface area contributed by atoms with Crippen LogP contribution >= 0.6 is 11.3 Å². The van der Waals surface area contributed by atoms with Crippen LogP contribution in [0.5, 0.6) is 0 Å².